The van der Waals surface area contributed by atoms with Crippen molar-refractivity contribution in [3.63, 3.8) is 0 Å². The van der Waals surface area contributed by atoms with Crippen LogP contribution in [0.1, 0.15) is 27.2 Å². The Labute approximate surface area is 111 Å². The van der Waals surface area contributed by atoms with E-state index in [0.29, 0.717) is 5.57 Å². The van der Waals surface area contributed by atoms with Gasteiger partial charge in [0, 0.05) is 24.7 Å². The SMILES string of the molecule is CC(=O)O[C@H]1C[C@@H](O)C2=CC(=O)C(O)=C[C@]2(C)[C@H]1C. The quantitative estimate of drug-likeness (QED) is 0.698. The van der Waals surface area contributed by atoms with Crippen LogP contribution in [0.2, 0.25) is 0 Å². The molecule has 0 aromatic carbocycles. The summed E-state index contributed by atoms with van der Waals surface area (Å²) < 4.78 is 5.23. The van der Waals surface area contributed by atoms with Gasteiger partial charge in [0.2, 0.25) is 5.78 Å². The minimum atomic E-state index is -0.848. The highest BCUT2D eigenvalue weighted by Gasteiger charge is 2.49. The normalized spacial score (nSPS) is 38.1. The summed E-state index contributed by atoms with van der Waals surface area (Å²) in [6.45, 7) is 5.03. The Morgan fingerprint density at radius 1 is 1.53 bits per heavy atom. The summed E-state index contributed by atoms with van der Waals surface area (Å²) >= 11 is 0. The number of rotatable bonds is 1. The van der Waals surface area contributed by atoms with Crippen LogP contribution in [0.3, 0.4) is 0 Å². The van der Waals surface area contributed by atoms with Gasteiger partial charge in [0.15, 0.2) is 5.76 Å². The van der Waals surface area contributed by atoms with E-state index in [2.05, 4.69) is 0 Å². The predicted molar refractivity (Wildman–Crippen MR) is 67.3 cm³/mol. The summed E-state index contributed by atoms with van der Waals surface area (Å²) in [6, 6.07) is 0. The lowest BCUT2D eigenvalue weighted by atomic mass is 9.61. The topological polar surface area (TPSA) is 83.8 Å². The number of ether oxygens (including phenoxy) is 1. The van der Waals surface area contributed by atoms with Gasteiger partial charge in [0.05, 0.1) is 6.10 Å². The van der Waals surface area contributed by atoms with Crippen LogP contribution in [0.4, 0.5) is 0 Å². The molecule has 0 amide bonds. The molecule has 1 fully saturated rings. The maximum absolute atomic E-state index is 11.5. The Hall–Kier alpha value is -1.62. The largest absolute Gasteiger partial charge is 0.504 e. The van der Waals surface area contributed by atoms with Crippen LogP contribution in [0.25, 0.3) is 0 Å². The smallest absolute Gasteiger partial charge is 0.302 e. The predicted octanol–water partition coefficient (Wildman–Crippen LogP) is 1.28. The van der Waals surface area contributed by atoms with Crippen LogP contribution in [-0.2, 0) is 14.3 Å². The molecule has 0 unspecified atom stereocenters. The van der Waals surface area contributed by atoms with E-state index < -0.39 is 29.4 Å². The molecule has 104 valence electrons. The Bertz CT molecular complexity index is 490. The zero-order valence-corrected chi connectivity index (χ0v) is 11.2. The fourth-order valence-corrected chi connectivity index (χ4v) is 2.96. The van der Waals surface area contributed by atoms with Gasteiger partial charge in [0.25, 0.3) is 0 Å². The van der Waals surface area contributed by atoms with E-state index in [0.717, 1.165) is 0 Å². The van der Waals surface area contributed by atoms with Gasteiger partial charge in [0.1, 0.15) is 6.10 Å². The van der Waals surface area contributed by atoms with Gasteiger partial charge < -0.3 is 14.9 Å². The van der Waals surface area contributed by atoms with Crippen molar-refractivity contribution >= 4 is 11.8 Å². The van der Waals surface area contributed by atoms with E-state index in [1.807, 2.05) is 13.8 Å². The molecule has 5 heteroatoms. The summed E-state index contributed by atoms with van der Waals surface area (Å²) in [5.41, 5.74) is -0.110. The van der Waals surface area contributed by atoms with Gasteiger partial charge in [-0.15, -0.1) is 0 Å². The second-order valence-corrected chi connectivity index (χ2v) is 5.46. The molecule has 4 atom stereocenters. The monoisotopic (exact) mass is 266 g/mol. The van der Waals surface area contributed by atoms with Crippen molar-refractivity contribution in [1.29, 1.82) is 0 Å². The highest BCUT2D eigenvalue weighted by atomic mass is 16.5. The molecule has 0 saturated heterocycles. The van der Waals surface area contributed by atoms with Crippen molar-refractivity contribution < 1.29 is 24.5 Å². The second-order valence-electron chi connectivity index (χ2n) is 5.46. The molecule has 2 rings (SSSR count). The second kappa shape index (κ2) is 4.49. The lowest BCUT2D eigenvalue weighted by Gasteiger charge is -2.47. The van der Waals surface area contributed by atoms with E-state index in [4.69, 9.17) is 4.74 Å². The maximum Gasteiger partial charge on any atom is 0.302 e. The molecular formula is C14H18O5. The maximum atomic E-state index is 11.5. The molecular weight excluding hydrogens is 248 g/mol. The zero-order chi connectivity index (χ0) is 14.4. The standard InChI is InChI=1S/C14H18O5/c1-7-13(19-8(2)15)5-10(16)9-4-11(17)12(18)6-14(7,9)3/h4,6-7,10,13,16,18H,5H2,1-3H3/t7-,10+,13-,14+/m0/s1. The summed E-state index contributed by atoms with van der Waals surface area (Å²) in [5, 5.41) is 19.8. The Kier molecular flexibility index (Phi) is 3.26. The summed E-state index contributed by atoms with van der Waals surface area (Å²) in [7, 11) is 0. The van der Waals surface area contributed by atoms with Crippen molar-refractivity contribution in [3.8, 4) is 0 Å². The van der Waals surface area contributed by atoms with Crippen molar-refractivity contribution in [2.45, 2.75) is 39.4 Å². The average molecular weight is 266 g/mol. The lowest BCUT2D eigenvalue weighted by Crippen LogP contribution is -2.48. The highest BCUT2D eigenvalue weighted by molar-refractivity contribution is 6.04. The van der Waals surface area contributed by atoms with Crippen molar-refractivity contribution in [1.82, 2.24) is 0 Å². The van der Waals surface area contributed by atoms with Gasteiger partial charge in [-0.3, -0.25) is 9.59 Å². The number of allylic oxidation sites excluding steroid dienone is 2. The van der Waals surface area contributed by atoms with Crippen molar-refractivity contribution in [2.24, 2.45) is 11.3 Å². The summed E-state index contributed by atoms with van der Waals surface area (Å²) in [5.74, 6) is -1.36. The van der Waals surface area contributed by atoms with Crippen LogP contribution >= 0.6 is 0 Å². The third-order valence-electron chi connectivity index (χ3n) is 4.23. The molecule has 0 radical (unpaired) electrons. The third kappa shape index (κ3) is 2.18. The minimum absolute atomic E-state index is 0.138. The zero-order valence-electron chi connectivity index (χ0n) is 11.2. The van der Waals surface area contributed by atoms with Crippen molar-refractivity contribution in [2.75, 3.05) is 0 Å². The van der Waals surface area contributed by atoms with E-state index >= 15 is 0 Å². The summed E-state index contributed by atoms with van der Waals surface area (Å²) in [6.07, 6.45) is 1.73. The van der Waals surface area contributed by atoms with Crippen LogP contribution in [-0.4, -0.2) is 34.2 Å². The van der Waals surface area contributed by atoms with E-state index in [9.17, 15) is 19.8 Å². The van der Waals surface area contributed by atoms with E-state index in [1.54, 1.807) is 0 Å². The van der Waals surface area contributed by atoms with Gasteiger partial charge in [-0.25, -0.2) is 0 Å². The van der Waals surface area contributed by atoms with Gasteiger partial charge in [-0.1, -0.05) is 13.8 Å². The fourth-order valence-electron chi connectivity index (χ4n) is 2.96. The Morgan fingerprint density at radius 2 is 2.16 bits per heavy atom. The lowest BCUT2D eigenvalue weighted by molar-refractivity contribution is -0.154. The molecule has 0 aromatic heterocycles. The molecule has 2 N–H and O–H groups in total. The number of aliphatic hydroxyl groups excluding tert-OH is 2. The number of carbonyl (C=O) groups excluding carboxylic acids is 2. The number of hydrogen-bond acceptors (Lipinski definition) is 5. The number of carbonyl (C=O) groups is 2. The molecule has 5 nitrogen and oxygen atoms in total. The van der Waals surface area contributed by atoms with Crippen molar-refractivity contribution in [3.05, 3.63) is 23.5 Å². The number of hydrogen-bond donors (Lipinski definition) is 2. The van der Waals surface area contributed by atoms with Gasteiger partial charge in [-0.05, 0) is 17.7 Å². The molecule has 0 aliphatic heterocycles. The number of fused-ring (bicyclic) bond motifs is 1. The molecule has 1 saturated carbocycles. The van der Waals surface area contributed by atoms with E-state index in [-0.39, 0.29) is 18.1 Å². The van der Waals surface area contributed by atoms with Crippen LogP contribution in [0.5, 0.6) is 0 Å². The first-order valence-electron chi connectivity index (χ1n) is 6.29. The minimum Gasteiger partial charge on any atom is -0.504 e. The van der Waals surface area contributed by atoms with Crippen LogP contribution < -0.4 is 0 Å². The highest BCUT2D eigenvalue weighted by Crippen LogP contribution is 2.49. The first kappa shape index (κ1) is 13.8. The number of esters is 1. The van der Waals surface area contributed by atoms with E-state index in [1.165, 1.54) is 19.1 Å². The number of ketones is 1. The molecule has 0 spiro atoms. The van der Waals surface area contributed by atoms with Crippen LogP contribution in [0.15, 0.2) is 23.5 Å². The number of aliphatic hydroxyl groups is 2. The van der Waals surface area contributed by atoms with Gasteiger partial charge in [-0.2, -0.15) is 0 Å². The van der Waals surface area contributed by atoms with Gasteiger partial charge >= 0.3 is 5.97 Å². The molecule has 0 bridgehead atoms. The molecule has 0 heterocycles. The van der Waals surface area contributed by atoms with Crippen LogP contribution in [0, 0.1) is 11.3 Å². The Balaban J connectivity index is 2.40. The average Bonchev–Trinajstić information content (AvgIpc) is 2.29. The molecule has 19 heavy (non-hydrogen) atoms. The first-order chi connectivity index (χ1) is 8.75. The fraction of sp³-hybridized carbons (Fsp3) is 0.571. The third-order valence-corrected chi connectivity index (χ3v) is 4.23. The Morgan fingerprint density at radius 3 is 2.74 bits per heavy atom. The first-order valence-corrected chi connectivity index (χ1v) is 6.29. The molecule has 2 aliphatic carbocycles. The molecule has 2 aliphatic rings. The summed E-state index contributed by atoms with van der Waals surface area (Å²) in [4.78, 5) is 22.6. The molecule has 0 aromatic rings.